The Morgan fingerprint density at radius 2 is 1.79 bits per heavy atom. The summed E-state index contributed by atoms with van der Waals surface area (Å²) in [7, 11) is 0. The Hall–Kier alpha value is -1.51. The highest BCUT2D eigenvalue weighted by atomic mass is 16.5. The molecule has 1 heterocycles. The molecule has 0 atom stereocenters. The van der Waals surface area contributed by atoms with Crippen molar-refractivity contribution in [3.05, 3.63) is 29.8 Å². The van der Waals surface area contributed by atoms with E-state index in [4.69, 9.17) is 4.74 Å². The number of carbonyl (C=O) groups is 1. The maximum absolute atomic E-state index is 11.6. The number of benzene rings is 1. The van der Waals surface area contributed by atoms with Crippen LogP contribution in [-0.4, -0.2) is 25.7 Å². The smallest absolute Gasteiger partial charge is 0.338 e. The van der Waals surface area contributed by atoms with E-state index in [9.17, 15) is 4.79 Å². The van der Waals surface area contributed by atoms with Crippen molar-refractivity contribution in [2.75, 3.05) is 24.6 Å². The van der Waals surface area contributed by atoms with Gasteiger partial charge in [0, 0.05) is 18.8 Å². The van der Waals surface area contributed by atoms with Gasteiger partial charge >= 0.3 is 5.97 Å². The number of rotatable bonds is 3. The predicted molar refractivity (Wildman–Crippen MR) is 75.5 cm³/mol. The van der Waals surface area contributed by atoms with Crippen LogP contribution in [0.4, 0.5) is 5.69 Å². The maximum Gasteiger partial charge on any atom is 0.338 e. The summed E-state index contributed by atoms with van der Waals surface area (Å²) in [5.74, 6) is -0.232. The predicted octanol–water partition coefficient (Wildman–Crippen LogP) is 3.24. The minimum atomic E-state index is -0.232. The van der Waals surface area contributed by atoms with Crippen LogP contribution in [0.3, 0.4) is 0 Å². The van der Waals surface area contributed by atoms with E-state index < -0.39 is 0 Å². The summed E-state index contributed by atoms with van der Waals surface area (Å²) in [5, 5.41) is 0. The number of ether oxygens (including phenoxy) is 1. The van der Waals surface area contributed by atoms with Crippen LogP contribution in [0.1, 0.15) is 43.0 Å². The number of carbonyl (C=O) groups excluding carboxylic acids is 1. The van der Waals surface area contributed by atoms with Crippen LogP contribution >= 0.6 is 0 Å². The van der Waals surface area contributed by atoms with Crippen LogP contribution in [0.5, 0.6) is 0 Å². The molecule has 1 aliphatic heterocycles. The van der Waals surface area contributed by atoms with Crippen molar-refractivity contribution < 1.29 is 9.53 Å². The number of esters is 1. The zero-order chi connectivity index (χ0) is 13.3. The summed E-state index contributed by atoms with van der Waals surface area (Å²) in [5.41, 5.74) is 2.58. The van der Waals surface area contributed by atoms with Crippen molar-refractivity contribution in [2.45, 2.75) is 32.6 Å². The first-order valence-electron chi connectivity index (χ1n) is 7.25. The van der Waals surface area contributed by atoms with E-state index in [-0.39, 0.29) is 5.97 Å². The Kier molecular flexibility index (Phi) is 3.21. The molecule has 0 N–H and O–H groups in total. The Balaban J connectivity index is 1.64. The lowest BCUT2D eigenvalue weighted by molar-refractivity contribution is 0.0526. The van der Waals surface area contributed by atoms with Crippen LogP contribution in [0, 0.1) is 5.41 Å². The van der Waals surface area contributed by atoms with Crippen LogP contribution in [-0.2, 0) is 4.74 Å². The van der Waals surface area contributed by atoms with Gasteiger partial charge in [-0.25, -0.2) is 4.79 Å². The number of piperidine rings is 1. The number of nitrogens with zero attached hydrogens (tertiary/aromatic N) is 1. The van der Waals surface area contributed by atoms with Gasteiger partial charge in [-0.1, -0.05) is 0 Å². The lowest BCUT2D eigenvalue weighted by atomic mass is 9.93. The van der Waals surface area contributed by atoms with E-state index in [1.165, 1.54) is 31.4 Å². The van der Waals surface area contributed by atoms with Crippen molar-refractivity contribution in [1.82, 2.24) is 0 Å². The molecule has 1 saturated heterocycles. The van der Waals surface area contributed by atoms with Crippen LogP contribution in [0.15, 0.2) is 24.3 Å². The lowest BCUT2D eigenvalue weighted by Gasteiger charge is -2.33. The summed E-state index contributed by atoms with van der Waals surface area (Å²) in [6.07, 6.45) is 5.52. The third-order valence-electron chi connectivity index (χ3n) is 4.52. The average molecular weight is 259 g/mol. The Morgan fingerprint density at radius 1 is 1.16 bits per heavy atom. The number of hydrogen-bond donors (Lipinski definition) is 0. The fourth-order valence-corrected chi connectivity index (χ4v) is 2.94. The molecule has 2 fully saturated rings. The molecule has 0 bridgehead atoms. The van der Waals surface area contributed by atoms with Gasteiger partial charge in [0.25, 0.3) is 0 Å². The van der Waals surface area contributed by atoms with E-state index in [2.05, 4.69) is 4.90 Å². The van der Waals surface area contributed by atoms with Gasteiger partial charge in [0.05, 0.1) is 12.2 Å². The number of anilines is 1. The van der Waals surface area contributed by atoms with E-state index >= 15 is 0 Å². The summed E-state index contributed by atoms with van der Waals surface area (Å²) >= 11 is 0. The van der Waals surface area contributed by atoms with Gasteiger partial charge in [0.15, 0.2) is 0 Å². The van der Waals surface area contributed by atoms with Gasteiger partial charge in [-0.05, 0) is 62.3 Å². The van der Waals surface area contributed by atoms with Crippen LogP contribution in [0.25, 0.3) is 0 Å². The first kappa shape index (κ1) is 12.5. The minimum absolute atomic E-state index is 0.232. The second-order valence-electron chi connectivity index (χ2n) is 5.75. The average Bonchev–Trinajstić information content (AvgIpc) is 3.20. The van der Waals surface area contributed by atoms with E-state index in [1.807, 2.05) is 31.2 Å². The molecule has 2 aliphatic rings. The largest absolute Gasteiger partial charge is 0.462 e. The van der Waals surface area contributed by atoms with E-state index in [0.717, 1.165) is 13.1 Å². The Morgan fingerprint density at radius 3 is 2.32 bits per heavy atom. The SMILES string of the molecule is CCOC(=O)c1ccc(N2CCC3(CC2)CC3)cc1. The highest BCUT2D eigenvalue weighted by Crippen LogP contribution is 2.53. The quantitative estimate of drug-likeness (QED) is 0.780. The standard InChI is InChI=1S/C16H21NO2/c1-2-19-15(18)13-3-5-14(6-4-13)17-11-9-16(7-8-16)10-12-17/h3-6H,2,7-12H2,1H3. The molecule has 0 unspecified atom stereocenters. The van der Waals surface area contributed by atoms with Crippen molar-refractivity contribution in [3.63, 3.8) is 0 Å². The zero-order valence-electron chi connectivity index (χ0n) is 11.5. The van der Waals surface area contributed by atoms with E-state index in [0.29, 0.717) is 17.6 Å². The summed E-state index contributed by atoms with van der Waals surface area (Å²) in [6.45, 7) is 4.56. The molecular weight excluding hydrogens is 238 g/mol. The molecule has 19 heavy (non-hydrogen) atoms. The van der Waals surface area contributed by atoms with Crippen molar-refractivity contribution >= 4 is 11.7 Å². The van der Waals surface area contributed by atoms with Crippen molar-refractivity contribution in [1.29, 1.82) is 0 Å². The third kappa shape index (κ3) is 2.60. The molecular formula is C16H21NO2. The summed E-state index contributed by atoms with van der Waals surface area (Å²) in [4.78, 5) is 14.0. The second-order valence-corrected chi connectivity index (χ2v) is 5.75. The first-order chi connectivity index (χ1) is 9.22. The van der Waals surface area contributed by atoms with Gasteiger partial charge in [0.2, 0.25) is 0 Å². The van der Waals surface area contributed by atoms with Crippen LogP contribution < -0.4 is 4.90 Å². The first-order valence-corrected chi connectivity index (χ1v) is 7.25. The van der Waals surface area contributed by atoms with Gasteiger partial charge in [-0.15, -0.1) is 0 Å². The van der Waals surface area contributed by atoms with Gasteiger partial charge in [-0.2, -0.15) is 0 Å². The highest BCUT2D eigenvalue weighted by molar-refractivity contribution is 5.89. The summed E-state index contributed by atoms with van der Waals surface area (Å²) < 4.78 is 5.00. The lowest BCUT2D eigenvalue weighted by Crippen LogP contribution is -2.34. The Labute approximate surface area is 114 Å². The molecule has 0 radical (unpaired) electrons. The Bertz CT molecular complexity index is 452. The topological polar surface area (TPSA) is 29.5 Å². The molecule has 0 aromatic heterocycles. The zero-order valence-corrected chi connectivity index (χ0v) is 11.5. The molecule has 3 heteroatoms. The molecule has 1 aromatic rings. The van der Waals surface area contributed by atoms with Gasteiger partial charge in [0.1, 0.15) is 0 Å². The fourth-order valence-electron chi connectivity index (χ4n) is 2.94. The molecule has 102 valence electrons. The van der Waals surface area contributed by atoms with Gasteiger partial charge in [-0.3, -0.25) is 0 Å². The van der Waals surface area contributed by atoms with Crippen molar-refractivity contribution in [2.24, 2.45) is 5.41 Å². The summed E-state index contributed by atoms with van der Waals surface area (Å²) in [6, 6.07) is 7.82. The maximum atomic E-state index is 11.6. The monoisotopic (exact) mass is 259 g/mol. The molecule has 3 rings (SSSR count). The fraction of sp³-hybridized carbons (Fsp3) is 0.562. The molecule has 3 nitrogen and oxygen atoms in total. The van der Waals surface area contributed by atoms with Crippen LogP contribution in [0.2, 0.25) is 0 Å². The highest BCUT2D eigenvalue weighted by Gasteiger charge is 2.44. The molecule has 1 saturated carbocycles. The van der Waals surface area contributed by atoms with Crippen molar-refractivity contribution in [3.8, 4) is 0 Å². The molecule has 1 aromatic carbocycles. The third-order valence-corrected chi connectivity index (χ3v) is 4.52. The molecule has 1 aliphatic carbocycles. The normalized spacial score (nSPS) is 20.4. The number of hydrogen-bond acceptors (Lipinski definition) is 3. The van der Waals surface area contributed by atoms with Gasteiger partial charge < -0.3 is 9.64 Å². The minimum Gasteiger partial charge on any atom is -0.462 e. The molecule has 0 amide bonds. The van der Waals surface area contributed by atoms with E-state index in [1.54, 1.807) is 0 Å². The second kappa shape index (κ2) is 4.87. The molecule has 1 spiro atoms.